The molecule has 0 fully saturated rings. The predicted octanol–water partition coefficient (Wildman–Crippen LogP) is 4.32. The van der Waals surface area contributed by atoms with Crippen molar-refractivity contribution >= 4 is 23.6 Å². The fraction of sp³-hybridized carbons (Fsp3) is 0.304. The number of hydrogen-bond donors (Lipinski definition) is 1. The van der Waals surface area contributed by atoms with Crippen molar-refractivity contribution in [3.8, 4) is 11.5 Å². The Balaban J connectivity index is 1.96. The maximum atomic E-state index is 13.0. The van der Waals surface area contributed by atoms with Crippen molar-refractivity contribution in [3.63, 3.8) is 0 Å². The number of nitrogens with one attached hydrogen (secondary N) is 1. The Kier molecular flexibility index (Phi) is 9.74. The summed E-state index contributed by atoms with van der Waals surface area (Å²) in [6, 6.07) is 9.63. The molecule has 2 aromatic rings. The molecule has 178 valence electrons. The summed E-state index contributed by atoms with van der Waals surface area (Å²) in [6.07, 6.45) is -1.99. The number of amides is 1. The Morgan fingerprint density at radius 2 is 1.76 bits per heavy atom. The van der Waals surface area contributed by atoms with E-state index in [2.05, 4.69) is 5.32 Å². The van der Waals surface area contributed by atoms with E-state index in [-0.39, 0.29) is 24.7 Å². The number of benzene rings is 2. The molecule has 1 N–H and O–H groups in total. The maximum Gasteiger partial charge on any atom is 0.416 e. The molecule has 0 aromatic heterocycles. The topological polar surface area (TPSA) is 83.1 Å². The van der Waals surface area contributed by atoms with E-state index in [1.54, 1.807) is 24.3 Å². The molecule has 0 spiro atoms. The van der Waals surface area contributed by atoms with Gasteiger partial charge in [-0.1, -0.05) is 12.1 Å². The first-order chi connectivity index (χ1) is 15.7. The van der Waals surface area contributed by atoms with E-state index in [4.69, 9.17) is 18.9 Å². The fourth-order valence-electron chi connectivity index (χ4n) is 2.54. The highest BCUT2D eigenvalue weighted by molar-refractivity contribution is 5.95. The molecule has 0 bridgehead atoms. The SMILES string of the molecule is CCOc1ccc(/C=C/C(=O)OCC(=O)Nc2cc(C(F)(F)F)ccc2OCCOC)cc1. The number of carbonyl (C=O) groups excluding carboxylic acids is 2. The number of ether oxygens (including phenoxy) is 4. The van der Waals surface area contributed by atoms with Crippen LogP contribution in [0.1, 0.15) is 18.1 Å². The van der Waals surface area contributed by atoms with Crippen LogP contribution in [0, 0.1) is 0 Å². The minimum Gasteiger partial charge on any atom is -0.494 e. The molecule has 0 aliphatic carbocycles. The predicted molar refractivity (Wildman–Crippen MR) is 115 cm³/mol. The minimum atomic E-state index is -4.61. The standard InChI is InChI=1S/C23H24F3NO6/c1-3-31-18-8-4-16(5-9-18)6-11-22(29)33-15-21(28)27-19-14-17(23(24,25)26)7-10-20(19)32-13-12-30-2/h4-11,14H,3,12-13,15H2,1-2H3,(H,27,28)/b11-6+. The van der Waals surface area contributed by atoms with Crippen molar-refractivity contribution in [2.75, 3.05) is 38.9 Å². The lowest BCUT2D eigenvalue weighted by Crippen LogP contribution is -2.21. The van der Waals surface area contributed by atoms with Gasteiger partial charge in [0, 0.05) is 13.2 Å². The van der Waals surface area contributed by atoms with Crippen LogP contribution in [0.15, 0.2) is 48.5 Å². The van der Waals surface area contributed by atoms with Gasteiger partial charge in [0.15, 0.2) is 6.61 Å². The van der Waals surface area contributed by atoms with Crippen LogP contribution < -0.4 is 14.8 Å². The van der Waals surface area contributed by atoms with Crippen molar-refractivity contribution in [2.24, 2.45) is 0 Å². The minimum absolute atomic E-state index is 0.0233. The summed E-state index contributed by atoms with van der Waals surface area (Å²) in [5.74, 6) is -0.905. The highest BCUT2D eigenvalue weighted by Crippen LogP contribution is 2.35. The van der Waals surface area contributed by atoms with Crippen LogP contribution in [0.5, 0.6) is 11.5 Å². The van der Waals surface area contributed by atoms with Crippen LogP contribution in [0.25, 0.3) is 6.08 Å². The fourth-order valence-corrected chi connectivity index (χ4v) is 2.54. The Labute approximate surface area is 189 Å². The zero-order valence-corrected chi connectivity index (χ0v) is 18.1. The summed E-state index contributed by atoms with van der Waals surface area (Å²) in [6.45, 7) is 1.97. The molecule has 33 heavy (non-hydrogen) atoms. The van der Waals surface area contributed by atoms with Gasteiger partial charge in [0.2, 0.25) is 0 Å². The van der Waals surface area contributed by atoms with Crippen LogP contribution in [-0.4, -0.2) is 45.4 Å². The molecule has 2 rings (SSSR count). The van der Waals surface area contributed by atoms with Gasteiger partial charge in [-0.2, -0.15) is 13.2 Å². The van der Waals surface area contributed by atoms with E-state index in [1.165, 1.54) is 13.2 Å². The molecular formula is C23H24F3NO6. The van der Waals surface area contributed by atoms with Gasteiger partial charge >= 0.3 is 12.1 Å². The molecule has 0 radical (unpaired) electrons. The Morgan fingerprint density at radius 3 is 2.39 bits per heavy atom. The number of methoxy groups -OCH3 is 1. The molecular weight excluding hydrogens is 443 g/mol. The quantitative estimate of drug-likeness (QED) is 0.301. The largest absolute Gasteiger partial charge is 0.494 e. The van der Waals surface area contributed by atoms with Crippen molar-refractivity contribution in [3.05, 3.63) is 59.7 Å². The Bertz CT molecular complexity index is 958. The molecule has 7 nitrogen and oxygen atoms in total. The third-order valence-electron chi connectivity index (χ3n) is 4.07. The summed E-state index contributed by atoms with van der Waals surface area (Å²) < 4.78 is 59.4. The van der Waals surface area contributed by atoms with E-state index in [1.807, 2.05) is 6.92 Å². The van der Waals surface area contributed by atoms with Gasteiger partial charge in [0.05, 0.1) is 24.5 Å². The van der Waals surface area contributed by atoms with E-state index in [0.717, 1.165) is 24.3 Å². The average Bonchev–Trinajstić information content (AvgIpc) is 2.78. The van der Waals surface area contributed by atoms with Gasteiger partial charge in [-0.3, -0.25) is 4.79 Å². The number of rotatable bonds is 11. The molecule has 0 saturated carbocycles. The van der Waals surface area contributed by atoms with Crippen LogP contribution in [0.3, 0.4) is 0 Å². The number of esters is 1. The van der Waals surface area contributed by atoms with Gasteiger partial charge in [-0.05, 0) is 48.9 Å². The first-order valence-corrected chi connectivity index (χ1v) is 9.93. The highest BCUT2D eigenvalue weighted by Gasteiger charge is 2.31. The summed E-state index contributed by atoms with van der Waals surface area (Å²) >= 11 is 0. The lowest BCUT2D eigenvalue weighted by molar-refractivity contribution is -0.142. The Hall–Kier alpha value is -3.53. The third kappa shape index (κ3) is 8.85. The van der Waals surface area contributed by atoms with Gasteiger partial charge in [-0.15, -0.1) is 0 Å². The number of anilines is 1. The molecule has 2 aromatic carbocycles. The molecule has 0 heterocycles. The number of alkyl halides is 3. The first kappa shape index (κ1) is 25.7. The second-order valence-electron chi connectivity index (χ2n) is 6.54. The average molecular weight is 467 g/mol. The lowest BCUT2D eigenvalue weighted by Gasteiger charge is -2.15. The molecule has 0 atom stereocenters. The summed E-state index contributed by atoms with van der Waals surface area (Å²) in [5.41, 5.74) is -0.458. The second kappa shape index (κ2) is 12.5. The number of hydrogen-bond acceptors (Lipinski definition) is 6. The monoisotopic (exact) mass is 467 g/mol. The van der Waals surface area contributed by atoms with Gasteiger partial charge in [0.25, 0.3) is 5.91 Å². The summed E-state index contributed by atoms with van der Waals surface area (Å²) in [5, 5.41) is 2.28. The lowest BCUT2D eigenvalue weighted by atomic mass is 10.1. The van der Waals surface area contributed by atoms with Crippen LogP contribution in [0.2, 0.25) is 0 Å². The van der Waals surface area contributed by atoms with Gasteiger partial charge in [-0.25, -0.2) is 4.79 Å². The van der Waals surface area contributed by atoms with Crippen molar-refractivity contribution in [1.29, 1.82) is 0 Å². The van der Waals surface area contributed by atoms with Crippen LogP contribution in [-0.2, 0) is 25.2 Å². The van der Waals surface area contributed by atoms with E-state index in [0.29, 0.717) is 17.9 Å². The van der Waals surface area contributed by atoms with Gasteiger partial charge < -0.3 is 24.3 Å². The normalized spacial score (nSPS) is 11.3. The maximum absolute atomic E-state index is 13.0. The molecule has 0 aliphatic heterocycles. The Morgan fingerprint density at radius 1 is 1.03 bits per heavy atom. The second-order valence-corrected chi connectivity index (χ2v) is 6.54. The van der Waals surface area contributed by atoms with Crippen molar-refractivity contribution in [1.82, 2.24) is 0 Å². The van der Waals surface area contributed by atoms with Crippen LogP contribution >= 0.6 is 0 Å². The highest BCUT2D eigenvalue weighted by atomic mass is 19.4. The smallest absolute Gasteiger partial charge is 0.416 e. The first-order valence-electron chi connectivity index (χ1n) is 9.93. The molecule has 1 amide bonds. The van der Waals surface area contributed by atoms with E-state index >= 15 is 0 Å². The third-order valence-corrected chi connectivity index (χ3v) is 4.07. The zero-order valence-electron chi connectivity index (χ0n) is 18.1. The van der Waals surface area contributed by atoms with E-state index < -0.39 is 30.2 Å². The number of halogens is 3. The molecule has 0 aliphatic rings. The molecule has 0 unspecified atom stereocenters. The molecule has 10 heteroatoms. The number of carbonyl (C=O) groups is 2. The van der Waals surface area contributed by atoms with Crippen LogP contribution in [0.4, 0.5) is 18.9 Å². The summed E-state index contributed by atoms with van der Waals surface area (Å²) in [7, 11) is 1.44. The van der Waals surface area contributed by atoms with Crippen molar-refractivity contribution in [2.45, 2.75) is 13.1 Å². The molecule has 0 saturated heterocycles. The zero-order chi connectivity index (χ0) is 24.3. The van der Waals surface area contributed by atoms with Crippen molar-refractivity contribution < 1.29 is 41.7 Å². The summed E-state index contributed by atoms with van der Waals surface area (Å²) in [4.78, 5) is 24.0. The van der Waals surface area contributed by atoms with Gasteiger partial charge in [0.1, 0.15) is 18.1 Å². The van der Waals surface area contributed by atoms with E-state index in [9.17, 15) is 22.8 Å².